The number of unbranched alkanes of at least 4 members (excludes halogenated alkanes) is 1. The minimum atomic E-state index is -0.397. The van der Waals surface area contributed by atoms with E-state index in [0.717, 1.165) is 46.6 Å². The Morgan fingerprint density at radius 1 is 1.31 bits per heavy atom. The Labute approximate surface area is 157 Å². The van der Waals surface area contributed by atoms with E-state index in [-0.39, 0.29) is 5.69 Å². The van der Waals surface area contributed by atoms with E-state index in [1.54, 1.807) is 12.1 Å². The summed E-state index contributed by atoms with van der Waals surface area (Å²) in [6.45, 7) is 10.5. The normalized spacial score (nSPS) is 12.4. The molecule has 0 unspecified atom stereocenters. The van der Waals surface area contributed by atoms with Crippen molar-refractivity contribution in [1.29, 1.82) is 0 Å². The number of nitro groups is 1. The fraction of sp³-hybridized carbons (Fsp3) is 0.368. The Hall–Kier alpha value is -2.54. The van der Waals surface area contributed by atoms with Gasteiger partial charge in [-0.3, -0.25) is 15.1 Å². The predicted octanol–water partition coefficient (Wildman–Crippen LogP) is 5.02. The smallest absolute Gasteiger partial charge is 0.258 e. The molecule has 2 rings (SSSR count). The third-order valence-corrected chi connectivity index (χ3v) is 4.56. The van der Waals surface area contributed by atoms with E-state index in [0.29, 0.717) is 6.54 Å². The minimum Gasteiger partial charge on any atom is -0.258 e. The fourth-order valence-electron chi connectivity index (χ4n) is 2.31. The molecule has 2 aromatic rings. The maximum Gasteiger partial charge on any atom is 0.269 e. The summed E-state index contributed by atoms with van der Waals surface area (Å²) in [5.74, 6) is 0. The van der Waals surface area contributed by atoms with Gasteiger partial charge in [-0.05, 0) is 38.8 Å². The van der Waals surface area contributed by atoms with Crippen LogP contribution in [0.5, 0.6) is 0 Å². The summed E-state index contributed by atoms with van der Waals surface area (Å²) >= 11 is 1.50. The van der Waals surface area contributed by atoms with Gasteiger partial charge in [0.15, 0.2) is 0 Å². The van der Waals surface area contributed by atoms with Crippen molar-refractivity contribution in [3.63, 3.8) is 0 Å². The zero-order chi connectivity index (χ0) is 19.1. The standard InChI is InChI=1S/C19H24N4O2S/c1-5-6-7-15(4)21-22-18(13-26-19(22)20-12-14(2)3)16-8-10-17(11-9-16)23(24)25/h8-11,13H,2,5-7,12H2,1,3-4H3. The van der Waals surface area contributed by atoms with Crippen molar-refractivity contribution in [2.75, 3.05) is 6.54 Å². The van der Waals surface area contributed by atoms with E-state index in [1.165, 1.54) is 23.5 Å². The summed E-state index contributed by atoms with van der Waals surface area (Å²) in [7, 11) is 0. The summed E-state index contributed by atoms with van der Waals surface area (Å²) in [4.78, 5) is 15.9. The molecule has 0 bridgehead atoms. The van der Waals surface area contributed by atoms with Crippen molar-refractivity contribution < 1.29 is 4.92 Å². The van der Waals surface area contributed by atoms with Gasteiger partial charge in [-0.2, -0.15) is 5.10 Å². The first-order chi connectivity index (χ1) is 12.4. The van der Waals surface area contributed by atoms with E-state index in [2.05, 4.69) is 18.5 Å². The van der Waals surface area contributed by atoms with Gasteiger partial charge < -0.3 is 0 Å². The Morgan fingerprint density at radius 3 is 2.58 bits per heavy atom. The van der Waals surface area contributed by atoms with Gasteiger partial charge in [0, 0.05) is 28.8 Å². The van der Waals surface area contributed by atoms with Crippen LogP contribution in [0.1, 0.15) is 40.0 Å². The highest BCUT2D eigenvalue weighted by Gasteiger charge is 2.11. The lowest BCUT2D eigenvalue weighted by Crippen LogP contribution is -2.14. The Morgan fingerprint density at radius 2 is 2.00 bits per heavy atom. The van der Waals surface area contributed by atoms with Crippen LogP contribution < -0.4 is 4.80 Å². The van der Waals surface area contributed by atoms with E-state index in [9.17, 15) is 10.1 Å². The number of aromatic nitrogens is 1. The van der Waals surface area contributed by atoms with Crippen LogP contribution in [0.3, 0.4) is 0 Å². The van der Waals surface area contributed by atoms with Gasteiger partial charge in [0.05, 0.1) is 17.2 Å². The van der Waals surface area contributed by atoms with Crippen molar-refractivity contribution in [3.8, 4) is 11.3 Å². The summed E-state index contributed by atoms with van der Waals surface area (Å²) in [6, 6.07) is 6.51. The van der Waals surface area contributed by atoms with Gasteiger partial charge in [0.2, 0.25) is 4.80 Å². The molecule has 0 spiro atoms. The molecule has 0 aliphatic carbocycles. The molecule has 0 aliphatic heterocycles. The average Bonchev–Trinajstić information content (AvgIpc) is 3.00. The summed E-state index contributed by atoms with van der Waals surface area (Å²) in [5, 5.41) is 17.6. The molecular formula is C19H24N4O2S. The quantitative estimate of drug-likeness (QED) is 0.282. The minimum absolute atomic E-state index is 0.0744. The lowest BCUT2D eigenvalue weighted by molar-refractivity contribution is -0.384. The molecule has 0 fully saturated rings. The second kappa shape index (κ2) is 9.24. The molecule has 0 radical (unpaired) electrons. The van der Waals surface area contributed by atoms with E-state index in [4.69, 9.17) is 5.10 Å². The van der Waals surface area contributed by atoms with Crippen LogP contribution in [0, 0.1) is 10.1 Å². The number of hydrogen-bond donors (Lipinski definition) is 0. The molecule has 1 aromatic carbocycles. The first-order valence-corrected chi connectivity index (χ1v) is 9.45. The third kappa shape index (κ3) is 5.23. The average molecular weight is 372 g/mol. The monoisotopic (exact) mass is 372 g/mol. The van der Waals surface area contributed by atoms with Crippen LogP contribution in [-0.2, 0) is 0 Å². The number of rotatable bonds is 8. The molecule has 1 heterocycles. The van der Waals surface area contributed by atoms with Crippen LogP contribution in [0.15, 0.2) is 51.9 Å². The molecular weight excluding hydrogens is 348 g/mol. The van der Waals surface area contributed by atoms with Crippen molar-refractivity contribution in [1.82, 2.24) is 4.68 Å². The van der Waals surface area contributed by atoms with Crippen molar-refractivity contribution >= 4 is 22.7 Å². The number of nitrogens with zero attached hydrogens (tertiary/aromatic N) is 4. The summed E-state index contributed by atoms with van der Waals surface area (Å²) in [6.07, 6.45) is 3.13. The predicted molar refractivity (Wildman–Crippen MR) is 108 cm³/mol. The van der Waals surface area contributed by atoms with E-state index in [1.807, 2.05) is 23.9 Å². The Bertz CT molecular complexity index is 876. The summed E-state index contributed by atoms with van der Waals surface area (Å²) in [5.41, 5.74) is 3.83. The van der Waals surface area contributed by atoms with Crippen LogP contribution in [0.4, 0.5) is 5.69 Å². The van der Waals surface area contributed by atoms with Crippen molar-refractivity contribution in [3.05, 3.63) is 56.7 Å². The third-order valence-electron chi connectivity index (χ3n) is 3.71. The lowest BCUT2D eigenvalue weighted by atomic mass is 10.1. The largest absolute Gasteiger partial charge is 0.269 e. The van der Waals surface area contributed by atoms with Gasteiger partial charge in [0.1, 0.15) is 0 Å². The van der Waals surface area contributed by atoms with Crippen molar-refractivity contribution in [2.24, 2.45) is 10.1 Å². The lowest BCUT2D eigenvalue weighted by Gasteiger charge is -2.06. The summed E-state index contributed by atoms with van der Waals surface area (Å²) < 4.78 is 1.83. The highest BCUT2D eigenvalue weighted by Crippen LogP contribution is 2.23. The Kier molecular flexibility index (Phi) is 7.03. The fourth-order valence-corrected chi connectivity index (χ4v) is 3.14. The molecule has 1 aromatic heterocycles. The molecule has 26 heavy (non-hydrogen) atoms. The highest BCUT2D eigenvalue weighted by molar-refractivity contribution is 7.07. The van der Waals surface area contributed by atoms with Gasteiger partial charge in [0.25, 0.3) is 5.69 Å². The van der Waals surface area contributed by atoms with Crippen LogP contribution in [-0.4, -0.2) is 21.9 Å². The zero-order valence-corrected chi connectivity index (χ0v) is 16.3. The number of hydrogen-bond acceptors (Lipinski definition) is 5. The van der Waals surface area contributed by atoms with Crippen LogP contribution in [0.25, 0.3) is 11.3 Å². The SMILES string of the molecule is C=C(C)CN=c1scc(-c2ccc([N+](=O)[O-])cc2)n1N=C(C)CCCC. The molecule has 0 saturated carbocycles. The van der Waals surface area contributed by atoms with Crippen LogP contribution in [0.2, 0.25) is 0 Å². The zero-order valence-electron chi connectivity index (χ0n) is 15.4. The molecule has 138 valence electrons. The molecule has 0 atom stereocenters. The van der Waals surface area contributed by atoms with Gasteiger partial charge in [-0.25, -0.2) is 4.68 Å². The number of non-ortho nitro benzene ring substituents is 1. The maximum atomic E-state index is 10.9. The molecule has 0 aliphatic rings. The van der Waals surface area contributed by atoms with Gasteiger partial charge in [-0.15, -0.1) is 11.3 Å². The number of benzene rings is 1. The molecule has 0 saturated heterocycles. The topological polar surface area (TPSA) is 72.8 Å². The number of thiazole rings is 1. The van der Waals surface area contributed by atoms with Gasteiger partial charge in [-0.1, -0.05) is 25.5 Å². The second-order valence-corrected chi connectivity index (χ2v) is 7.07. The van der Waals surface area contributed by atoms with Crippen LogP contribution >= 0.6 is 11.3 Å². The molecule has 6 nitrogen and oxygen atoms in total. The van der Waals surface area contributed by atoms with E-state index < -0.39 is 4.92 Å². The highest BCUT2D eigenvalue weighted by atomic mass is 32.1. The van der Waals surface area contributed by atoms with Gasteiger partial charge >= 0.3 is 0 Å². The maximum absolute atomic E-state index is 10.9. The van der Waals surface area contributed by atoms with E-state index >= 15 is 0 Å². The van der Waals surface area contributed by atoms with Crippen molar-refractivity contribution in [2.45, 2.75) is 40.0 Å². The Balaban J connectivity index is 2.49. The molecule has 7 heteroatoms. The first kappa shape index (κ1) is 19.8. The second-order valence-electron chi connectivity index (χ2n) is 6.23. The molecule has 0 N–H and O–H groups in total. The first-order valence-electron chi connectivity index (χ1n) is 8.57. The molecule has 0 amide bonds. The number of nitro benzene ring substituents is 1.